The van der Waals surface area contributed by atoms with Crippen LogP contribution in [0.25, 0.3) is 111 Å². The predicted octanol–water partition coefficient (Wildman–Crippen LogP) is 15.0. The molecule has 4 aromatic heterocycles. The van der Waals surface area contributed by atoms with E-state index in [0.29, 0.717) is 5.82 Å². The molecule has 5 nitrogen and oxygen atoms in total. The minimum absolute atomic E-state index is 0.137. The van der Waals surface area contributed by atoms with Crippen molar-refractivity contribution < 1.29 is 0 Å². The Kier molecular flexibility index (Phi) is 8.18. The number of fused-ring (bicyclic) bond motifs is 9. The fourth-order valence-corrected chi connectivity index (χ4v) is 10.4. The highest BCUT2D eigenvalue weighted by molar-refractivity contribution is 6.10. The zero-order valence-corrected chi connectivity index (χ0v) is 35.9. The molecule has 0 saturated heterocycles. The number of pyridine rings is 1. The van der Waals surface area contributed by atoms with Crippen LogP contribution in [0.4, 0.5) is 0 Å². The molecule has 0 fully saturated rings. The average Bonchev–Trinajstić information content (AvgIpc) is 3.97. The third-order valence-electron chi connectivity index (χ3n) is 13.5. The van der Waals surface area contributed by atoms with Gasteiger partial charge in [-0.2, -0.15) is 0 Å². The first kappa shape index (κ1) is 37.2. The lowest BCUT2D eigenvalue weighted by Crippen LogP contribution is -2.14. The molecule has 8 aromatic carbocycles. The number of nitrogens with zero attached hydrogens (tertiary/aromatic N) is 5. The Balaban J connectivity index is 1.01. The second-order valence-corrected chi connectivity index (χ2v) is 17.6. The van der Waals surface area contributed by atoms with Gasteiger partial charge in [0, 0.05) is 55.0 Å². The van der Waals surface area contributed by atoms with Crippen LogP contribution in [0.1, 0.15) is 25.0 Å². The summed E-state index contributed by atoms with van der Waals surface area (Å²) in [5, 5.41) is 4.88. The van der Waals surface area contributed by atoms with Crippen LogP contribution in [0.5, 0.6) is 0 Å². The zero-order valence-electron chi connectivity index (χ0n) is 35.9. The van der Waals surface area contributed by atoms with Crippen LogP contribution in [0.2, 0.25) is 0 Å². The minimum Gasteiger partial charge on any atom is -0.309 e. The molecule has 0 saturated carbocycles. The van der Waals surface area contributed by atoms with Gasteiger partial charge in [-0.3, -0.25) is 0 Å². The maximum Gasteiger partial charge on any atom is 0.160 e. The second kappa shape index (κ2) is 14.3. The summed E-state index contributed by atoms with van der Waals surface area (Å²) in [7, 11) is 0. The van der Waals surface area contributed by atoms with E-state index in [1.54, 1.807) is 0 Å². The van der Waals surface area contributed by atoms with E-state index in [0.717, 1.165) is 72.9 Å². The summed E-state index contributed by atoms with van der Waals surface area (Å²) in [6, 6.07) is 75.9. The van der Waals surface area contributed by atoms with Crippen LogP contribution in [0, 0.1) is 0 Å². The van der Waals surface area contributed by atoms with Gasteiger partial charge >= 0.3 is 0 Å². The van der Waals surface area contributed by atoms with Crippen molar-refractivity contribution in [1.29, 1.82) is 0 Å². The molecule has 4 heterocycles. The van der Waals surface area contributed by atoms with Crippen molar-refractivity contribution in [3.05, 3.63) is 223 Å². The molecule has 65 heavy (non-hydrogen) atoms. The van der Waals surface area contributed by atoms with Crippen molar-refractivity contribution in [3.63, 3.8) is 0 Å². The fraction of sp³-hybridized carbons (Fsp3) is 0.0500. The molecular weight excluding hydrogens is 791 g/mol. The first-order valence-electron chi connectivity index (χ1n) is 22.3. The van der Waals surface area contributed by atoms with E-state index in [-0.39, 0.29) is 5.41 Å². The third-order valence-corrected chi connectivity index (χ3v) is 13.5. The highest BCUT2D eigenvalue weighted by Gasteiger charge is 2.35. The van der Waals surface area contributed by atoms with Crippen LogP contribution < -0.4 is 0 Å². The van der Waals surface area contributed by atoms with Crippen molar-refractivity contribution in [3.8, 4) is 67.8 Å². The van der Waals surface area contributed by atoms with Gasteiger partial charge in [-0.05, 0) is 89.0 Å². The van der Waals surface area contributed by atoms with Gasteiger partial charge in [0.25, 0.3) is 0 Å². The largest absolute Gasteiger partial charge is 0.309 e. The van der Waals surface area contributed by atoms with E-state index in [2.05, 4.69) is 217 Å². The molecule has 0 amide bonds. The molecule has 0 unspecified atom stereocenters. The molecule has 12 aromatic rings. The first-order valence-corrected chi connectivity index (χ1v) is 22.3. The molecule has 0 atom stereocenters. The van der Waals surface area contributed by atoms with Crippen LogP contribution in [0.15, 0.2) is 212 Å². The van der Waals surface area contributed by atoms with Gasteiger partial charge in [-0.1, -0.05) is 159 Å². The van der Waals surface area contributed by atoms with Crippen LogP contribution in [0.3, 0.4) is 0 Å². The fourth-order valence-electron chi connectivity index (χ4n) is 10.4. The Labute approximate surface area is 376 Å². The number of hydrogen-bond acceptors (Lipinski definition) is 3. The van der Waals surface area contributed by atoms with Gasteiger partial charge < -0.3 is 9.13 Å². The van der Waals surface area contributed by atoms with Gasteiger partial charge in [0.1, 0.15) is 0 Å². The van der Waals surface area contributed by atoms with Crippen LogP contribution in [-0.2, 0) is 5.41 Å². The molecular formula is C60H41N5. The molecule has 0 spiro atoms. The smallest absolute Gasteiger partial charge is 0.160 e. The number of para-hydroxylation sites is 4. The molecule has 0 radical (unpaired) electrons. The Morgan fingerprint density at radius 2 is 0.831 bits per heavy atom. The average molecular weight is 832 g/mol. The van der Waals surface area contributed by atoms with Gasteiger partial charge in [0.2, 0.25) is 0 Å². The van der Waals surface area contributed by atoms with Crippen molar-refractivity contribution in [1.82, 2.24) is 24.1 Å². The lowest BCUT2D eigenvalue weighted by molar-refractivity contribution is 0.660. The minimum atomic E-state index is -0.137. The lowest BCUT2D eigenvalue weighted by Gasteiger charge is -2.22. The molecule has 1 aliphatic rings. The summed E-state index contributed by atoms with van der Waals surface area (Å²) in [6.07, 6.45) is 0. The molecule has 0 N–H and O–H groups in total. The number of benzene rings is 8. The second-order valence-electron chi connectivity index (χ2n) is 17.6. The molecule has 1 aliphatic carbocycles. The van der Waals surface area contributed by atoms with Gasteiger partial charge in [0.05, 0.1) is 44.8 Å². The van der Waals surface area contributed by atoms with Crippen molar-refractivity contribution in [2.45, 2.75) is 19.3 Å². The van der Waals surface area contributed by atoms with Crippen LogP contribution in [-0.4, -0.2) is 24.1 Å². The number of aromatic nitrogens is 5. The van der Waals surface area contributed by atoms with E-state index in [1.807, 2.05) is 18.2 Å². The molecule has 13 rings (SSSR count). The standard InChI is InChI=1S/C60H41N5/c1-60(2)49-24-11-6-19-43(49)44-32-31-39(35-50(44)60)53-37-54(63-59(62-53)38-17-4-3-5-18-38)52-26-16-25-51(61-52)40-33-41(64-55-27-12-7-20-45(55)46-21-8-13-28-56(46)64)36-42(34-40)65-57-29-14-9-22-47(57)48-23-10-15-30-58(48)65/h3-37H,1-2H3. The summed E-state index contributed by atoms with van der Waals surface area (Å²) in [5.41, 5.74) is 18.1. The zero-order chi connectivity index (χ0) is 43.2. The van der Waals surface area contributed by atoms with E-state index >= 15 is 0 Å². The number of hydrogen-bond donors (Lipinski definition) is 0. The Morgan fingerprint density at radius 1 is 0.323 bits per heavy atom. The van der Waals surface area contributed by atoms with Crippen molar-refractivity contribution in [2.75, 3.05) is 0 Å². The van der Waals surface area contributed by atoms with Crippen molar-refractivity contribution in [2.24, 2.45) is 0 Å². The topological polar surface area (TPSA) is 48.5 Å². The van der Waals surface area contributed by atoms with Crippen LogP contribution >= 0.6 is 0 Å². The predicted molar refractivity (Wildman–Crippen MR) is 268 cm³/mol. The first-order chi connectivity index (χ1) is 32.0. The van der Waals surface area contributed by atoms with Gasteiger partial charge in [0.15, 0.2) is 5.82 Å². The van der Waals surface area contributed by atoms with E-state index in [1.165, 1.54) is 43.8 Å². The highest BCUT2D eigenvalue weighted by Crippen LogP contribution is 2.49. The SMILES string of the molecule is CC1(C)c2ccccc2-c2ccc(-c3cc(-c4cccc(-c5cc(-n6c7ccccc7c7ccccc76)cc(-n6c7ccccc7c7ccccc76)c5)n4)nc(-c4ccccc4)n3)cc21. The Hall–Kier alpha value is -8.41. The van der Waals surface area contributed by atoms with Gasteiger partial charge in [-0.15, -0.1) is 0 Å². The van der Waals surface area contributed by atoms with Crippen molar-refractivity contribution >= 4 is 43.6 Å². The summed E-state index contributed by atoms with van der Waals surface area (Å²) < 4.78 is 4.79. The quantitative estimate of drug-likeness (QED) is 0.168. The Bertz CT molecular complexity index is 3630. The van der Waals surface area contributed by atoms with E-state index in [9.17, 15) is 0 Å². The number of rotatable bonds is 6. The summed E-state index contributed by atoms with van der Waals surface area (Å²) in [6.45, 7) is 4.64. The third kappa shape index (κ3) is 5.82. The molecule has 0 bridgehead atoms. The summed E-state index contributed by atoms with van der Waals surface area (Å²) >= 11 is 0. The molecule has 0 aliphatic heterocycles. The molecule has 5 heteroatoms. The molecule has 306 valence electrons. The monoisotopic (exact) mass is 831 g/mol. The lowest BCUT2D eigenvalue weighted by atomic mass is 9.82. The van der Waals surface area contributed by atoms with E-state index in [4.69, 9.17) is 15.0 Å². The maximum atomic E-state index is 5.48. The summed E-state index contributed by atoms with van der Waals surface area (Å²) in [5.74, 6) is 0.662. The maximum absolute atomic E-state index is 5.48. The van der Waals surface area contributed by atoms with E-state index < -0.39 is 0 Å². The van der Waals surface area contributed by atoms with Gasteiger partial charge in [-0.25, -0.2) is 15.0 Å². The Morgan fingerprint density at radius 3 is 1.45 bits per heavy atom. The summed E-state index contributed by atoms with van der Waals surface area (Å²) in [4.78, 5) is 16.0. The highest BCUT2D eigenvalue weighted by atomic mass is 15.0. The normalized spacial score (nSPS) is 12.9.